The van der Waals surface area contributed by atoms with Gasteiger partial charge in [0.2, 0.25) is 10.0 Å². The number of aryl methyl sites for hydroxylation is 1. The normalized spacial score (nSPS) is 12.0. The largest absolute Gasteiger partial charge is 0.496 e. The zero-order valence-corrected chi connectivity index (χ0v) is 22.8. The van der Waals surface area contributed by atoms with Gasteiger partial charge in [-0.15, -0.1) is 0 Å². The first-order valence-corrected chi connectivity index (χ1v) is 13.6. The van der Waals surface area contributed by atoms with Crippen molar-refractivity contribution in [2.24, 2.45) is 0 Å². The fraction of sp³-hybridized carbons (Fsp3) is 0.333. The number of ether oxygens (including phenoxy) is 1. The third kappa shape index (κ3) is 5.96. The topological polar surface area (TPSA) is 112 Å². The van der Waals surface area contributed by atoms with Crippen LogP contribution in [-0.2, 0) is 10.0 Å². The third-order valence-electron chi connectivity index (χ3n) is 5.63. The molecule has 192 valence electrons. The molecule has 4 aromatic heterocycles. The Balaban J connectivity index is 1.87. The summed E-state index contributed by atoms with van der Waals surface area (Å²) in [6.07, 6.45) is 6.29. The van der Waals surface area contributed by atoms with Crippen LogP contribution >= 0.6 is 0 Å². The number of methoxy groups -OCH3 is 1. The Labute approximate surface area is 217 Å². The summed E-state index contributed by atoms with van der Waals surface area (Å²) in [7, 11) is -1.79. The minimum absolute atomic E-state index is 0.142. The van der Waals surface area contributed by atoms with Crippen molar-refractivity contribution in [3.8, 4) is 34.7 Å². The smallest absolute Gasteiger partial charge is 0.209 e. The van der Waals surface area contributed by atoms with Gasteiger partial charge in [-0.2, -0.15) is 9.82 Å². The van der Waals surface area contributed by atoms with Crippen molar-refractivity contribution in [3.63, 3.8) is 0 Å². The van der Waals surface area contributed by atoms with Crippen molar-refractivity contribution < 1.29 is 13.2 Å². The molecule has 37 heavy (non-hydrogen) atoms. The van der Waals surface area contributed by atoms with E-state index in [0.717, 1.165) is 34.1 Å². The van der Waals surface area contributed by atoms with Crippen LogP contribution in [0.25, 0.3) is 28.0 Å². The van der Waals surface area contributed by atoms with Crippen molar-refractivity contribution in [1.82, 2.24) is 29.5 Å². The van der Waals surface area contributed by atoms with E-state index < -0.39 is 15.6 Å². The van der Waals surface area contributed by atoms with Gasteiger partial charge in [0.1, 0.15) is 5.75 Å². The fourth-order valence-electron chi connectivity index (χ4n) is 3.98. The van der Waals surface area contributed by atoms with Gasteiger partial charge in [0, 0.05) is 34.7 Å². The molecule has 0 aromatic carbocycles. The summed E-state index contributed by atoms with van der Waals surface area (Å²) in [5, 5.41) is 5.53. The molecule has 0 atom stereocenters. The van der Waals surface area contributed by atoms with Crippen LogP contribution in [-0.4, -0.2) is 52.1 Å². The predicted molar refractivity (Wildman–Crippen MR) is 144 cm³/mol. The summed E-state index contributed by atoms with van der Waals surface area (Å²) in [6, 6.07) is 7.51. The second-order valence-corrected chi connectivity index (χ2v) is 11.4. The molecule has 4 heterocycles. The van der Waals surface area contributed by atoms with Gasteiger partial charge >= 0.3 is 0 Å². The number of hydrogen-bond donors (Lipinski definition) is 1. The van der Waals surface area contributed by atoms with E-state index >= 15 is 0 Å². The van der Waals surface area contributed by atoms with Crippen LogP contribution < -0.4 is 9.46 Å². The Morgan fingerprint density at radius 3 is 2.57 bits per heavy atom. The average molecular weight is 519 g/mol. The summed E-state index contributed by atoms with van der Waals surface area (Å²) in [5.74, 6) is 7.58. The van der Waals surface area contributed by atoms with Crippen molar-refractivity contribution >= 4 is 20.9 Å². The summed E-state index contributed by atoms with van der Waals surface area (Å²) in [6.45, 7) is 9.49. The zero-order chi connectivity index (χ0) is 27.0. The van der Waals surface area contributed by atoms with Crippen molar-refractivity contribution in [2.45, 2.75) is 46.1 Å². The van der Waals surface area contributed by atoms with E-state index in [-0.39, 0.29) is 5.92 Å². The maximum Gasteiger partial charge on any atom is 0.209 e. The molecule has 0 aliphatic rings. The van der Waals surface area contributed by atoms with Crippen molar-refractivity contribution in [3.05, 3.63) is 59.8 Å². The lowest BCUT2D eigenvalue weighted by Gasteiger charge is -2.17. The summed E-state index contributed by atoms with van der Waals surface area (Å²) >= 11 is 0. The first-order chi connectivity index (χ1) is 17.4. The molecule has 0 radical (unpaired) electrons. The Hall–Kier alpha value is -3.81. The molecule has 1 N–H and O–H groups in total. The van der Waals surface area contributed by atoms with Crippen LogP contribution in [0.3, 0.4) is 0 Å². The van der Waals surface area contributed by atoms with Gasteiger partial charge in [0.15, 0.2) is 5.82 Å². The number of fused-ring (bicyclic) bond motifs is 1. The molecule has 10 heteroatoms. The molecule has 0 bridgehead atoms. The van der Waals surface area contributed by atoms with Crippen molar-refractivity contribution in [1.29, 1.82) is 0 Å². The minimum atomic E-state index is -3.41. The van der Waals surface area contributed by atoms with Gasteiger partial charge < -0.3 is 4.74 Å². The number of aromatic nitrogens is 5. The molecule has 0 fully saturated rings. The fourth-order valence-corrected chi connectivity index (χ4v) is 4.96. The molecule has 0 spiro atoms. The standard InChI is InChI=1S/C27H30N6O3S/c1-17(2)22-12-19(8-10-27(4,5)32-37(7,34)35)13-26(31-22)33-24-14-23(30-18(3)20(24)16-29-33)21-15-28-11-9-25(21)36-6/h9,11-17,32H,1-7H3. The zero-order valence-electron chi connectivity index (χ0n) is 22.0. The number of nitrogens with zero attached hydrogens (tertiary/aromatic N) is 5. The van der Waals surface area contributed by atoms with Gasteiger partial charge in [0.25, 0.3) is 0 Å². The maximum atomic E-state index is 11.7. The molecular formula is C27H30N6O3S. The minimum Gasteiger partial charge on any atom is -0.496 e. The second-order valence-electron chi connectivity index (χ2n) is 9.70. The van der Waals surface area contributed by atoms with Crippen LogP contribution in [0.4, 0.5) is 0 Å². The van der Waals surface area contributed by atoms with Crippen LogP contribution in [0.5, 0.6) is 5.75 Å². The first kappa shape index (κ1) is 26.3. The van der Waals surface area contributed by atoms with E-state index in [4.69, 9.17) is 14.7 Å². The van der Waals surface area contributed by atoms with Crippen LogP contribution in [0.2, 0.25) is 0 Å². The van der Waals surface area contributed by atoms with E-state index in [0.29, 0.717) is 22.8 Å². The van der Waals surface area contributed by atoms with Crippen LogP contribution in [0.15, 0.2) is 42.9 Å². The molecule has 0 amide bonds. The highest BCUT2D eigenvalue weighted by Gasteiger charge is 2.20. The molecule has 9 nitrogen and oxygen atoms in total. The SMILES string of the molecule is COc1ccncc1-c1cc2c(cnn2-c2cc(C#CC(C)(C)NS(C)(=O)=O)cc(C(C)C)n2)c(C)n1. The van der Waals surface area contributed by atoms with Crippen molar-refractivity contribution in [2.75, 3.05) is 13.4 Å². The quantitative estimate of drug-likeness (QED) is 0.384. The number of pyridine rings is 3. The summed E-state index contributed by atoms with van der Waals surface area (Å²) in [4.78, 5) is 13.9. The molecule has 0 saturated heterocycles. The summed E-state index contributed by atoms with van der Waals surface area (Å²) in [5.41, 5.74) is 3.76. The van der Waals surface area contributed by atoms with Crippen LogP contribution in [0, 0.1) is 18.8 Å². The highest BCUT2D eigenvalue weighted by Crippen LogP contribution is 2.31. The highest BCUT2D eigenvalue weighted by molar-refractivity contribution is 7.88. The van der Waals surface area contributed by atoms with Gasteiger partial charge in [-0.1, -0.05) is 25.7 Å². The molecule has 4 rings (SSSR count). The van der Waals surface area contributed by atoms with Gasteiger partial charge in [-0.3, -0.25) is 9.97 Å². The Morgan fingerprint density at radius 2 is 1.89 bits per heavy atom. The molecule has 4 aromatic rings. The lowest BCUT2D eigenvalue weighted by Crippen LogP contribution is -2.41. The maximum absolute atomic E-state index is 11.7. The highest BCUT2D eigenvalue weighted by atomic mass is 32.2. The number of nitrogens with one attached hydrogen (secondary N) is 1. The number of rotatable bonds is 6. The first-order valence-electron chi connectivity index (χ1n) is 11.7. The number of sulfonamides is 1. The van der Waals surface area contributed by atoms with E-state index in [1.165, 1.54) is 0 Å². The van der Waals surface area contributed by atoms with Crippen LogP contribution in [0.1, 0.15) is 50.6 Å². The van der Waals surface area contributed by atoms with Gasteiger partial charge in [-0.25, -0.2) is 18.1 Å². The van der Waals surface area contributed by atoms with E-state index in [1.807, 2.05) is 25.1 Å². The van der Waals surface area contributed by atoms with Gasteiger partial charge in [0.05, 0.1) is 41.9 Å². The Morgan fingerprint density at radius 1 is 1.14 bits per heavy atom. The Kier molecular flexibility index (Phi) is 7.04. The molecule has 0 aliphatic carbocycles. The average Bonchev–Trinajstić information content (AvgIpc) is 3.26. The third-order valence-corrected chi connectivity index (χ3v) is 6.52. The lowest BCUT2D eigenvalue weighted by atomic mass is 10.0. The molecule has 0 aliphatic heterocycles. The Bertz CT molecular complexity index is 1650. The lowest BCUT2D eigenvalue weighted by molar-refractivity contribution is 0.416. The van der Waals surface area contributed by atoms with E-state index in [1.54, 1.807) is 50.3 Å². The second kappa shape index (κ2) is 9.92. The molecule has 0 saturated carbocycles. The van der Waals surface area contributed by atoms with E-state index in [9.17, 15) is 8.42 Å². The predicted octanol–water partition coefficient (Wildman–Crippen LogP) is 4.00. The number of hydrogen-bond acceptors (Lipinski definition) is 7. The molecule has 0 unspecified atom stereocenters. The monoisotopic (exact) mass is 518 g/mol. The summed E-state index contributed by atoms with van der Waals surface area (Å²) < 4.78 is 33.3. The van der Waals surface area contributed by atoms with E-state index in [2.05, 4.69) is 40.5 Å². The molecular weight excluding hydrogens is 488 g/mol. The van der Waals surface area contributed by atoms with Gasteiger partial charge in [-0.05, 0) is 51.0 Å².